The molecular formula is C40H26. The van der Waals surface area contributed by atoms with E-state index in [-0.39, 0.29) is 0 Å². The summed E-state index contributed by atoms with van der Waals surface area (Å²) in [6.07, 6.45) is 0. The summed E-state index contributed by atoms with van der Waals surface area (Å²) in [7, 11) is 0. The van der Waals surface area contributed by atoms with Crippen molar-refractivity contribution >= 4 is 32.3 Å². The smallest absolute Gasteiger partial charge is 0.00134 e. The highest BCUT2D eigenvalue weighted by Gasteiger charge is 2.24. The van der Waals surface area contributed by atoms with Crippen LogP contribution in [0.1, 0.15) is 0 Å². The Balaban J connectivity index is 1.68. The Morgan fingerprint density at radius 2 is 0.425 bits per heavy atom. The van der Waals surface area contributed by atoms with Crippen molar-refractivity contribution in [3.63, 3.8) is 0 Å². The van der Waals surface area contributed by atoms with E-state index in [1.807, 2.05) is 0 Å². The first-order valence-electron chi connectivity index (χ1n) is 13.9. The van der Waals surface area contributed by atoms with E-state index in [4.69, 9.17) is 0 Å². The van der Waals surface area contributed by atoms with Crippen LogP contribution in [0.15, 0.2) is 158 Å². The first kappa shape index (κ1) is 22.8. The van der Waals surface area contributed by atoms with Crippen LogP contribution in [0.4, 0.5) is 0 Å². The quantitative estimate of drug-likeness (QED) is 0.208. The number of benzene rings is 8. The van der Waals surface area contributed by atoms with E-state index in [2.05, 4.69) is 158 Å². The molecule has 0 aromatic heterocycles. The van der Waals surface area contributed by atoms with Crippen LogP contribution in [0.5, 0.6) is 0 Å². The van der Waals surface area contributed by atoms with E-state index in [0.717, 1.165) is 0 Å². The van der Waals surface area contributed by atoms with Gasteiger partial charge in [-0.05, 0) is 76.8 Å². The lowest BCUT2D eigenvalue weighted by Gasteiger charge is -2.25. The Bertz CT molecular complexity index is 1800. The van der Waals surface area contributed by atoms with E-state index in [1.54, 1.807) is 0 Å². The first-order chi connectivity index (χ1) is 19.9. The molecule has 0 saturated carbocycles. The highest BCUT2D eigenvalue weighted by atomic mass is 14.3. The molecule has 8 rings (SSSR count). The van der Waals surface area contributed by atoms with E-state index >= 15 is 0 Å². The monoisotopic (exact) mass is 506 g/mol. The average molecular weight is 507 g/mol. The molecule has 0 heterocycles. The summed E-state index contributed by atoms with van der Waals surface area (Å²) in [5, 5.41) is 7.85. The highest BCUT2D eigenvalue weighted by Crippen LogP contribution is 2.52. The van der Waals surface area contributed by atoms with E-state index in [0.29, 0.717) is 0 Å². The molecule has 0 radical (unpaired) electrons. The van der Waals surface area contributed by atoms with Crippen molar-refractivity contribution in [1.29, 1.82) is 0 Å². The molecule has 0 nitrogen and oxygen atoms in total. The molecule has 0 aliphatic heterocycles. The minimum atomic E-state index is 1.24. The molecule has 40 heavy (non-hydrogen) atoms. The van der Waals surface area contributed by atoms with Crippen molar-refractivity contribution in [3.8, 4) is 44.5 Å². The van der Waals surface area contributed by atoms with Gasteiger partial charge in [-0.25, -0.2) is 0 Å². The van der Waals surface area contributed by atoms with Gasteiger partial charge in [0, 0.05) is 0 Å². The molecule has 0 spiro atoms. The van der Waals surface area contributed by atoms with Gasteiger partial charge in [-0.2, -0.15) is 0 Å². The Hall–Kier alpha value is -5.20. The highest BCUT2D eigenvalue weighted by molar-refractivity contribution is 6.36. The van der Waals surface area contributed by atoms with E-state index in [9.17, 15) is 0 Å². The minimum Gasteiger partial charge on any atom is -0.0622 e. The Morgan fingerprint density at radius 1 is 0.200 bits per heavy atom. The van der Waals surface area contributed by atoms with Gasteiger partial charge in [-0.1, -0.05) is 158 Å². The molecule has 0 fully saturated rings. The predicted octanol–water partition coefficient (Wildman–Crippen LogP) is 11.3. The second kappa shape index (κ2) is 9.22. The fraction of sp³-hybridized carbons (Fsp3) is 0. The third-order valence-electron chi connectivity index (χ3n) is 8.21. The van der Waals surface area contributed by atoms with E-state index < -0.39 is 0 Å². The molecule has 8 aromatic rings. The second-order valence-electron chi connectivity index (χ2n) is 10.4. The van der Waals surface area contributed by atoms with Gasteiger partial charge in [0.05, 0.1) is 0 Å². The van der Waals surface area contributed by atoms with E-state index in [1.165, 1.54) is 76.8 Å². The molecular weight excluding hydrogens is 480 g/mol. The second-order valence-corrected chi connectivity index (χ2v) is 10.4. The van der Waals surface area contributed by atoms with Crippen molar-refractivity contribution in [2.45, 2.75) is 0 Å². The fourth-order valence-electron chi connectivity index (χ4n) is 6.63. The summed E-state index contributed by atoms with van der Waals surface area (Å²) in [6.45, 7) is 0. The maximum Gasteiger partial charge on any atom is -0.00134 e. The molecule has 0 N–H and O–H groups in total. The van der Waals surface area contributed by atoms with Gasteiger partial charge in [-0.15, -0.1) is 0 Å². The maximum absolute atomic E-state index is 2.32. The maximum atomic E-state index is 2.32. The molecule has 0 heteroatoms. The summed E-state index contributed by atoms with van der Waals surface area (Å²) < 4.78 is 0. The van der Waals surface area contributed by atoms with Crippen molar-refractivity contribution in [1.82, 2.24) is 0 Å². The number of hydrogen-bond donors (Lipinski definition) is 0. The fourth-order valence-corrected chi connectivity index (χ4v) is 6.63. The summed E-state index contributed by atoms with van der Waals surface area (Å²) >= 11 is 0. The largest absolute Gasteiger partial charge is 0.0622 e. The van der Waals surface area contributed by atoms with Gasteiger partial charge in [0.15, 0.2) is 0 Å². The zero-order valence-electron chi connectivity index (χ0n) is 22.0. The lowest BCUT2D eigenvalue weighted by Crippen LogP contribution is -1.97. The average Bonchev–Trinajstić information content (AvgIpc) is 3.04. The third-order valence-corrected chi connectivity index (χ3v) is 8.21. The Labute approximate surface area is 234 Å². The van der Waals surface area contributed by atoms with Crippen LogP contribution in [-0.2, 0) is 0 Å². The molecule has 0 bridgehead atoms. The molecule has 186 valence electrons. The zero-order valence-corrected chi connectivity index (χ0v) is 22.0. The first-order valence-corrected chi connectivity index (χ1v) is 13.9. The van der Waals surface area contributed by atoms with Gasteiger partial charge >= 0.3 is 0 Å². The SMILES string of the molecule is c1ccc(-c2c(-c3ccccc3)c3cccc4c(-c5ccccc5)c(-c5ccccc5)c5cccc2c5c34)cc1. The number of rotatable bonds is 4. The van der Waals surface area contributed by atoms with Crippen molar-refractivity contribution in [3.05, 3.63) is 158 Å². The normalized spacial score (nSPS) is 11.5. The van der Waals surface area contributed by atoms with Crippen LogP contribution in [-0.4, -0.2) is 0 Å². The van der Waals surface area contributed by atoms with Crippen LogP contribution < -0.4 is 0 Å². The Kier molecular flexibility index (Phi) is 5.24. The molecule has 8 aromatic carbocycles. The van der Waals surface area contributed by atoms with Crippen molar-refractivity contribution in [2.24, 2.45) is 0 Å². The molecule has 0 saturated heterocycles. The predicted molar refractivity (Wildman–Crippen MR) is 172 cm³/mol. The topological polar surface area (TPSA) is 0 Å². The molecule has 0 amide bonds. The van der Waals surface area contributed by atoms with Gasteiger partial charge in [0.1, 0.15) is 0 Å². The van der Waals surface area contributed by atoms with Crippen LogP contribution >= 0.6 is 0 Å². The minimum absolute atomic E-state index is 1.24. The van der Waals surface area contributed by atoms with Gasteiger partial charge in [0.2, 0.25) is 0 Å². The summed E-state index contributed by atoms with van der Waals surface area (Å²) in [6, 6.07) is 57.3. The molecule has 0 aliphatic rings. The van der Waals surface area contributed by atoms with Gasteiger partial charge in [-0.3, -0.25) is 0 Å². The number of hydrogen-bond acceptors (Lipinski definition) is 0. The van der Waals surface area contributed by atoms with Crippen molar-refractivity contribution in [2.75, 3.05) is 0 Å². The van der Waals surface area contributed by atoms with Crippen molar-refractivity contribution < 1.29 is 0 Å². The zero-order chi connectivity index (χ0) is 26.5. The summed E-state index contributed by atoms with van der Waals surface area (Å²) in [5.41, 5.74) is 10.1. The molecule has 0 aliphatic carbocycles. The molecule has 0 atom stereocenters. The van der Waals surface area contributed by atoms with Crippen LogP contribution in [0.25, 0.3) is 76.8 Å². The summed E-state index contributed by atoms with van der Waals surface area (Å²) in [4.78, 5) is 0. The third kappa shape index (κ3) is 3.40. The van der Waals surface area contributed by atoms with Crippen LogP contribution in [0.2, 0.25) is 0 Å². The Morgan fingerprint density at radius 3 is 0.650 bits per heavy atom. The van der Waals surface area contributed by atoms with Gasteiger partial charge < -0.3 is 0 Å². The van der Waals surface area contributed by atoms with Gasteiger partial charge in [0.25, 0.3) is 0 Å². The van der Waals surface area contributed by atoms with Crippen LogP contribution in [0, 0.1) is 0 Å². The summed E-state index contributed by atoms with van der Waals surface area (Å²) in [5.74, 6) is 0. The lowest BCUT2D eigenvalue weighted by atomic mass is 9.78. The van der Waals surface area contributed by atoms with Crippen LogP contribution in [0.3, 0.4) is 0 Å². The standard InChI is InChI=1S/C40H26/c1-5-15-27(16-6-1)35-31-23-13-25-33-37(29-19-9-3-10-20-29)38(30-21-11-4-12-22-30)34-26-14-24-32(40(34)39(31)33)36(35)28-17-7-2-8-18-28/h1-26H. The molecule has 0 unspecified atom stereocenters. The lowest BCUT2D eigenvalue weighted by molar-refractivity contribution is 1.61.